The first-order valence-corrected chi connectivity index (χ1v) is 6.11. The number of carbonyl (C=O) groups excluding carboxylic acids is 1. The molecule has 0 bridgehead atoms. The minimum atomic E-state index is -4.75. The van der Waals surface area contributed by atoms with Gasteiger partial charge < -0.3 is 10.0 Å². The first kappa shape index (κ1) is 14.7. The van der Waals surface area contributed by atoms with Crippen LogP contribution in [0.2, 0.25) is 0 Å². The van der Waals surface area contributed by atoms with Crippen molar-refractivity contribution in [3.05, 3.63) is 11.9 Å². The van der Waals surface area contributed by atoms with Gasteiger partial charge in [0.25, 0.3) is 0 Å². The lowest BCUT2D eigenvalue weighted by molar-refractivity contribution is -0.221. The van der Waals surface area contributed by atoms with Gasteiger partial charge in [-0.05, 0) is 18.8 Å². The van der Waals surface area contributed by atoms with E-state index in [0.717, 1.165) is 6.20 Å². The van der Waals surface area contributed by atoms with Gasteiger partial charge in [0.05, 0.1) is 6.54 Å². The average Bonchev–Trinajstić information content (AvgIpc) is 3.05. The maximum Gasteiger partial charge on any atom is 0.412 e. The van der Waals surface area contributed by atoms with Crippen molar-refractivity contribution in [3.63, 3.8) is 0 Å². The molecule has 1 N–H and O–H groups in total. The van der Waals surface area contributed by atoms with Crippen molar-refractivity contribution in [3.8, 4) is 0 Å². The zero-order valence-corrected chi connectivity index (χ0v) is 11.1. The molecule has 2 fully saturated rings. The molecule has 0 aromatic heterocycles. The fourth-order valence-corrected chi connectivity index (χ4v) is 2.64. The van der Waals surface area contributed by atoms with Crippen LogP contribution in [-0.2, 0) is 4.79 Å². The monoisotopic (exact) mass is 292 g/mol. The van der Waals surface area contributed by atoms with Crippen LogP contribution in [0.3, 0.4) is 0 Å². The number of carbonyl (C=O) groups is 2. The molecular weight excluding hydrogens is 277 g/mol. The van der Waals surface area contributed by atoms with Gasteiger partial charge in [-0.2, -0.15) is 13.2 Å². The van der Waals surface area contributed by atoms with Crippen LogP contribution in [-0.4, -0.2) is 53.6 Å². The van der Waals surface area contributed by atoms with E-state index in [-0.39, 0.29) is 0 Å². The first-order chi connectivity index (χ1) is 9.11. The molecule has 0 aromatic rings. The smallest absolute Gasteiger partial charge is 0.412 e. The van der Waals surface area contributed by atoms with Gasteiger partial charge in [-0.25, -0.2) is 4.79 Å². The third kappa shape index (κ3) is 2.03. The van der Waals surface area contributed by atoms with Gasteiger partial charge in [-0.3, -0.25) is 9.69 Å². The summed E-state index contributed by atoms with van der Waals surface area (Å²) in [6.07, 6.45) is -4.56. The molecule has 2 aliphatic rings. The highest BCUT2D eigenvalue weighted by Crippen LogP contribution is 2.59. The van der Waals surface area contributed by atoms with Crippen LogP contribution in [0.5, 0.6) is 0 Å². The molecule has 1 atom stereocenters. The highest BCUT2D eigenvalue weighted by atomic mass is 19.4. The number of allylic oxidation sites excluding steroid dienone is 1. The van der Waals surface area contributed by atoms with Crippen LogP contribution in [0.4, 0.5) is 18.0 Å². The van der Waals surface area contributed by atoms with Crippen LogP contribution in [0, 0.1) is 11.3 Å². The van der Waals surface area contributed by atoms with E-state index in [4.69, 9.17) is 5.11 Å². The van der Waals surface area contributed by atoms with E-state index in [0.29, 0.717) is 17.7 Å². The lowest BCUT2D eigenvalue weighted by atomic mass is 9.79. The van der Waals surface area contributed by atoms with Crippen LogP contribution < -0.4 is 0 Å². The van der Waals surface area contributed by atoms with Crippen LogP contribution >= 0.6 is 0 Å². The van der Waals surface area contributed by atoms with Crippen molar-refractivity contribution in [2.24, 2.45) is 11.3 Å². The third-order valence-electron chi connectivity index (χ3n) is 3.73. The summed E-state index contributed by atoms with van der Waals surface area (Å²) in [5, 5.41) is 9.06. The molecule has 112 valence electrons. The second-order valence-corrected chi connectivity index (χ2v) is 5.42. The zero-order chi connectivity index (χ0) is 15.3. The number of ketones is 1. The van der Waals surface area contributed by atoms with Crippen molar-refractivity contribution in [1.29, 1.82) is 0 Å². The number of alkyl halides is 3. The van der Waals surface area contributed by atoms with Crippen molar-refractivity contribution in [2.75, 3.05) is 20.6 Å². The number of nitrogens with zero attached hydrogens (tertiary/aromatic N) is 2. The molecule has 2 rings (SSSR count). The highest BCUT2D eigenvalue weighted by molar-refractivity contribution is 6.05. The normalized spacial score (nSPS) is 29.1. The number of hydrogen-bond donors (Lipinski definition) is 1. The summed E-state index contributed by atoms with van der Waals surface area (Å²) >= 11 is 0. The number of hydrogen-bond acceptors (Lipinski definition) is 3. The molecule has 1 unspecified atom stereocenters. The first-order valence-electron chi connectivity index (χ1n) is 6.11. The minimum absolute atomic E-state index is 0.300. The van der Waals surface area contributed by atoms with Gasteiger partial charge in [0, 0.05) is 20.3 Å². The van der Waals surface area contributed by atoms with Crippen molar-refractivity contribution < 1.29 is 27.9 Å². The van der Waals surface area contributed by atoms with Crippen LogP contribution in [0.25, 0.3) is 0 Å². The number of rotatable bonds is 2. The molecule has 1 aliphatic heterocycles. The Kier molecular flexibility index (Phi) is 3.22. The Morgan fingerprint density at radius 2 is 2.00 bits per heavy atom. The second-order valence-electron chi connectivity index (χ2n) is 5.42. The minimum Gasteiger partial charge on any atom is -0.465 e. The Morgan fingerprint density at radius 3 is 2.35 bits per heavy atom. The topological polar surface area (TPSA) is 60.9 Å². The molecule has 1 saturated heterocycles. The number of likely N-dealkylation sites (tertiary alicyclic amines) is 1. The molecule has 1 saturated carbocycles. The van der Waals surface area contributed by atoms with E-state index >= 15 is 0 Å². The number of halogens is 3. The summed E-state index contributed by atoms with van der Waals surface area (Å²) in [7, 11) is 3.04. The summed E-state index contributed by atoms with van der Waals surface area (Å²) in [6, 6.07) is 0. The SMILES string of the molecule is CN(C)/C=C1\C(=O)C(C2CC2)(C(F)(F)F)CN1C(=O)O. The molecule has 1 aliphatic carbocycles. The maximum atomic E-state index is 13.4. The summed E-state index contributed by atoms with van der Waals surface area (Å²) < 4.78 is 40.3. The Morgan fingerprint density at radius 1 is 1.45 bits per heavy atom. The second kappa shape index (κ2) is 4.39. The fourth-order valence-electron chi connectivity index (χ4n) is 2.64. The molecule has 0 radical (unpaired) electrons. The fraction of sp³-hybridized carbons (Fsp3) is 0.667. The van der Waals surface area contributed by atoms with Crippen molar-refractivity contribution in [2.45, 2.75) is 19.0 Å². The summed E-state index contributed by atoms with van der Waals surface area (Å²) in [6.45, 7) is -0.838. The standard InChI is InChI=1S/C12H15F3N2O3/c1-16(2)5-8-9(18)11(7-3-4-7,12(13,14)15)6-17(8)10(19)20/h5,7H,3-4,6H2,1-2H3,(H,19,20)/b8-5+. The predicted molar refractivity (Wildman–Crippen MR) is 62.7 cm³/mol. The predicted octanol–water partition coefficient (Wildman–Crippen LogP) is 1.91. The maximum absolute atomic E-state index is 13.4. The Hall–Kier alpha value is -1.73. The van der Waals surface area contributed by atoms with E-state index in [1.54, 1.807) is 0 Å². The molecule has 5 nitrogen and oxygen atoms in total. The molecule has 8 heteroatoms. The number of carboxylic acid groups (broad SMARTS) is 1. The van der Waals surface area contributed by atoms with Crippen molar-refractivity contribution >= 4 is 11.9 Å². The van der Waals surface area contributed by atoms with Gasteiger partial charge in [0.1, 0.15) is 5.70 Å². The van der Waals surface area contributed by atoms with E-state index in [9.17, 15) is 22.8 Å². The summed E-state index contributed by atoms with van der Waals surface area (Å²) in [5.41, 5.74) is -2.99. The molecule has 1 heterocycles. The number of amides is 1. The molecule has 20 heavy (non-hydrogen) atoms. The molecule has 0 spiro atoms. The Bertz CT molecular complexity index is 483. The van der Waals surface area contributed by atoms with Gasteiger partial charge in [0.15, 0.2) is 11.2 Å². The summed E-state index contributed by atoms with van der Waals surface area (Å²) in [4.78, 5) is 25.3. The van der Waals surface area contributed by atoms with Gasteiger partial charge in [-0.1, -0.05) is 0 Å². The van der Waals surface area contributed by atoms with Gasteiger partial charge in [0.2, 0.25) is 0 Å². The largest absolute Gasteiger partial charge is 0.465 e. The van der Waals surface area contributed by atoms with E-state index in [1.165, 1.54) is 19.0 Å². The van der Waals surface area contributed by atoms with Crippen LogP contribution in [0.1, 0.15) is 12.8 Å². The molecular formula is C12H15F3N2O3. The lowest BCUT2D eigenvalue weighted by Crippen LogP contribution is -2.47. The van der Waals surface area contributed by atoms with E-state index in [2.05, 4.69) is 0 Å². The Labute approximate surface area is 113 Å². The summed E-state index contributed by atoms with van der Waals surface area (Å²) in [5.74, 6) is -1.95. The Balaban J connectivity index is 2.52. The highest BCUT2D eigenvalue weighted by Gasteiger charge is 2.71. The average molecular weight is 292 g/mol. The number of Topliss-reactive ketones (excluding diaryl/α,β-unsaturated/α-hetero) is 1. The molecule has 1 amide bonds. The quantitative estimate of drug-likeness (QED) is 0.790. The van der Waals surface area contributed by atoms with E-state index in [1.807, 2.05) is 0 Å². The van der Waals surface area contributed by atoms with E-state index < -0.39 is 41.6 Å². The van der Waals surface area contributed by atoms with Crippen molar-refractivity contribution in [1.82, 2.24) is 9.80 Å². The lowest BCUT2D eigenvalue weighted by Gasteiger charge is -2.29. The van der Waals surface area contributed by atoms with Gasteiger partial charge in [-0.15, -0.1) is 0 Å². The zero-order valence-electron chi connectivity index (χ0n) is 11.1. The van der Waals surface area contributed by atoms with Gasteiger partial charge >= 0.3 is 12.3 Å². The van der Waals surface area contributed by atoms with Crippen LogP contribution in [0.15, 0.2) is 11.9 Å². The molecule has 0 aromatic carbocycles. The third-order valence-corrected chi connectivity index (χ3v) is 3.73.